The minimum atomic E-state index is -0.343. The van der Waals surface area contributed by atoms with Crippen molar-refractivity contribution in [2.75, 3.05) is 25.1 Å². The van der Waals surface area contributed by atoms with E-state index in [2.05, 4.69) is 20.2 Å². The number of hydrogen-bond donors (Lipinski definition) is 1. The number of nitrogens with one attached hydrogen (secondary N) is 1. The largest absolute Gasteiger partial charge is 0.327 e. The summed E-state index contributed by atoms with van der Waals surface area (Å²) in [6.07, 6.45) is 4.81. The van der Waals surface area contributed by atoms with Gasteiger partial charge in [-0.3, -0.25) is 14.1 Å². The van der Waals surface area contributed by atoms with E-state index in [0.717, 1.165) is 43.7 Å². The van der Waals surface area contributed by atoms with Gasteiger partial charge in [0.15, 0.2) is 5.82 Å². The average Bonchev–Trinajstić information content (AvgIpc) is 3.16. The number of nitrogens with zero attached hydrogens (tertiary/aromatic N) is 4. The zero-order valence-electron chi connectivity index (χ0n) is 18.8. The molecule has 3 aromatic rings. The number of pyridine rings is 1. The zero-order valence-corrected chi connectivity index (χ0v) is 21.0. The molecule has 1 amide bonds. The van der Waals surface area contributed by atoms with Gasteiger partial charge in [0.05, 0.1) is 28.1 Å². The molecule has 0 spiro atoms. The van der Waals surface area contributed by atoms with Crippen LogP contribution in [-0.4, -0.2) is 45.1 Å². The van der Waals surface area contributed by atoms with Crippen LogP contribution in [0.5, 0.6) is 0 Å². The maximum atomic E-state index is 13.1. The topological polar surface area (TPSA) is 63.1 Å². The summed E-state index contributed by atoms with van der Waals surface area (Å²) in [4.78, 5) is 24.0. The van der Waals surface area contributed by atoms with Gasteiger partial charge in [-0.15, -0.1) is 0 Å². The first-order valence-corrected chi connectivity index (χ1v) is 12.3. The van der Waals surface area contributed by atoms with Crippen molar-refractivity contribution in [2.45, 2.75) is 32.2 Å². The molecule has 0 fully saturated rings. The van der Waals surface area contributed by atoms with Crippen molar-refractivity contribution in [1.82, 2.24) is 19.4 Å². The number of anilines is 1. The number of halogens is 4. The second kappa shape index (κ2) is 11.0. The van der Waals surface area contributed by atoms with Crippen molar-refractivity contribution < 1.29 is 9.18 Å². The van der Waals surface area contributed by atoms with E-state index in [-0.39, 0.29) is 17.7 Å². The number of unbranched alkanes of at least 4 members (excludes halogenated alkanes) is 2. The highest BCUT2D eigenvalue weighted by Crippen LogP contribution is 2.39. The summed E-state index contributed by atoms with van der Waals surface area (Å²) < 4.78 is 14.2. The highest BCUT2D eigenvalue weighted by atomic mass is 35.5. The third-order valence-electron chi connectivity index (χ3n) is 6.03. The van der Waals surface area contributed by atoms with E-state index in [1.165, 1.54) is 0 Å². The zero-order chi connectivity index (χ0) is 24.2. The molecule has 0 bridgehead atoms. The van der Waals surface area contributed by atoms with Crippen LogP contribution in [0.3, 0.4) is 0 Å². The number of alkyl halides is 1. The Morgan fingerprint density at radius 3 is 2.71 bits per heavy atom. The maximum absolute atomic E-state index is 13.1. The third kappa shape index (κ3) is 5.23. The first-order valence-electron chi connectivity index (χ1n) is 11.1. The monoisotopic (exact) mass is 523 g/mol. The van der Waals surface area contributed by atoms with Gasteiger partial charge in [0.25, 0.3) is 5.91 Å². The maximum Gasteiger partial charge on any atom is 0.291 e. The molecule has 0 aliphatic carbocycles. The van der Waals surface area contributed by atoms with E-state index in [4.69, 9.17) is 34.8 Å². The van der Waals surface area contributed by atoms with Crippen LogP contribution in [0.4, 0.5) is 10.1 Å². The third-order valence-corrected chi connectivity index (χ3v) is 7.20. The summed E-state index contributed by atoms with van der Waals surface area (Å²) in [7, 11) is 1.86. The Morgan fingerprint density at radius 2 is 1.91 bits per heavy atom. The first-order chi connectivity index (χ1) is 16.4. The van der Waals surface area contributed by atoms with Crippen LogP contribution in [0, 0.1) is 0 Å². The first kappa shape index (κ1) is 24.9. The molecule has 1 aromatic carbocycles. The van der Waals surface area contributed by atoms with Gasteiger partial charge in [-0.2, -0.15) is 0 Å². The number of aromatic nitrogens is 3. The molecule has 3 heterocycles. The molecule has 2 aromatic heterocycles. The van der Waals surface area contributed by atoms with Gasteiger partial charge in [0.1, 0.15) is 5.15 Å². The molecule has 0 saturated heterocycles. The summed E-state index contributed by atoms with van der Waals surface area (Å²) in [5.74, 6) is -0.0139. The van der Waals surface area contributed by atoms with Gasteiger partial charge in [0, 0.05) is 49.6 Å². The minimum Gasteiger partial charge on any atom is -0.327 e. The predicted octanol–water partition coefficient (Wildman–Crippen LogP) is 6.19. The molecule has 1 aliphatic heterocycles. The van der Waals surface area contributed by atoms with Crippen molar-refractivity contribution in [1.29, 1.82) is 0 Å². The van der Waals surface area contributed by atoms with Crippen LogP contribution in [0.1, 0.15) is 41.3 Å². The molecule has 1 aliphatic rings. The van der Waals surface area contributed by atoms with Crippen LogP contribution in [0.15, 0.2) is 30.5 Å². The fraction of sp³-hybridized carbons (Fsp3) is 0.375. The van der Waals surface area contributed by atoms with Crippen LogP contribution < -0.4 is 5.32 Å². The molecule has 6 nitrogen and oxygen atoms in total. The lowest BCUT2D eigenvalue weighted by Crippen LogP contribution is -2.32. The highest BCUT2D eigenvalue weighted by Gasteiger charge is 2.26. The van der Waals surface area contributed by atoms with Crippen molar-refractivity contribution in [3.63, 3.8) is 0 Å². The lowest BCUT2D eigenvalue weighted by molar-refractivity contribution is 0.101. The molecule has 0 radical (unpaired) electrons. The van der Waals surface area contributed by atoms with Gasteiger partial charge >= 0.3 is 0 Å². The number of hydrogen-bond acceptors (Lipinski definition) is 4. The van der Waals surface area contributed by atoms with E-state index >= 15 is 0 Å². The van der Waals surface area contributed by atoms with Crippen LogP contribution >= 0.6 is 34.8 Å². The number of amides is 1. The molecular weight excluding hydrogens is 500 g/mol. The van der Waals surface area contributed by atoms with E-state index < -0.39 is 0 Å². The van der Waals surface area contributed by atoms with Crippen molar-refractivity contribution in [3.05, 3.63) is 62.9 Å². The number of imidazole rings is 1. The summed E-state index contributed by atoms with van der Waals surface area (Å²) >= 11 is 19.0. The molecular formula is C24H25Cl3FN5O. The smallest absolute Gasteiger partial charge is 0.291 e. The fourth-order valence-electron chi connectivity index (χ4n) is 4.22. The molecule has 34 heavy (non-hydrogen) atoms. The lowest BCUT2D eigenvalue weighted by Gasteiger charge is -2.26. The van der Waals surface area contributed by atoms with Gasteiger partial charge in [-0.1, -0.05) is 46.9 Å². The average molecular weight is 525 g/mol. The fourth-order valence-corrected chi connectivity index (χ4v) is 4.87. The molecule has 0 atom stereocenters. The highest BCUT2D eigenvalue weighted by molar-refractivity contribution is 6.44. The number of rotatable bonds is 8. The molecule has 180 valence electrons. The Balaban J connectivity index is 1.51. The lowest BCUT2D eigenvalue weighted by atomic mass is 10.1. The van der Waals surface area contributed by atoms with Gasteiger partial charge in [0.2, 0.25) is 0 Å². The van der Waals surface area contributed by atoms with Crippen LogP contribution in [0.2, 0.25) is 15.2 Å². The Labute approximate surface area is 213 Å². The summed E-state index contributed by atoms with van der Waals surface area (Å²) in [5, 5.41) is 3.70. The van der Waals surface area contributed by atoms with Crippen molar-refractivity contribution in [3.8, 4) is 11.1 Å². The molecule has 4 rings (SSSR count). The van der Waals surface area contributed by atoms with E-state index in [9.17, 15) is 9.18 Å². The van der Waals surface area contributed by atoms with Gasteiger partial charge in [-0.25, -0.2) is 9.97 Å². The number of fused-ring (bicyclic) bond motifs is 1. The second-order valence-corrected chi connectivity index (χ2v) is 9.36. The summed E-state index contributed by atoms with van der Waals surface area (Å²) in [6, 6.07) is 7.03. The molecule has 0 unspecified atom stereocenters. The Kier molecular flexibility index (Phi) is 8.09. The van der Waals surface area contributed by atoms with Crippen molar-refractivity contribution >= 4 is 46.4 Å². The minimum absolute atomic E-state index is 0.180. The van der Waals surface area contributed by atoms with Crippen LogP contribution in [0.25, 0.3) is 11.1 Å². The van der Waals surface area contributed by atoms with E-state index in [0.29, 0.717) is 45.6 Å². The number of carbonyl (C=O) groups excluding carboxylic acids is 1. The molecule has 10 heteroatoms. The summed E-state index contributed by atoms with van der Waals surface area (Å²) in [6.45, 7) is 2.22. The Bertz CT molecular complexity index is 1200. The predicted molar refractivity (Wildman–Crippen MR) is 135 cm³/mol. The van der Waals surface area contributed by atoms with Gasteiger partial charge < -0.3 is 9.88 Å². The number of carbonyl (C=O) groups is 1. The normalized spacial score (nSPS) is 13.7. The summed E-state index contributed by atoms with van der Waals surface area (Å²) in [5.41, 5.74) is 3.67. The van der Waals surface area contributed by atoms with E-state index in [1.54, 1.807) is 30.5 Å². The number of benzene rings is 1. The molecule has 0 saturated carbocycles. The van der Waals surface area contributed by atoms with Gasteiger partial charge in [-0.05, 0) is 37.9 Å². The standard InChI is InChI=1S/C24H25Cl3FN5O/c1-32-19-9-13-33(12-4-2-3-10-28)14-18(19)30-23(32)24(34)31-17-7-5-6-15(20(17)25)16-8-11-29-22(27)21(16)26/h5-8,11H,2-4,9-10,12-14H2,1H3,(H,31,34). The quantitative estimate of drug-likeness (QED) is 0.282. The van der Waals surface area contributed by atoms with E-state index in [1.807, 2.05) is 11.6 Å². The molecule has 1 N–H and O–H groups in total. The Hall–Kier alpha value is -2.19. The van der Waals surface area contributed by atoms with Crippen molar-refractivity contribution in [2.24, 2.45) is 7.05 Å². The Morgan fingerprint density at radius 1 is 1.12 bits per heavy atom. The second-order valence-electron chi connectivity index (χ2n) is 8.25. The SMILES string of the molecule is Cn1c(C(=O)Nc2cccc(-c3ccnc(Cl)c3Cl)c2Cl)nc2c1CCN(CCCCCF)C2. The van der Waals surface area contributed by atoms with Crippen LogP contribution in [-0.2, 0) is 20.0 Å².